The summed E-state index contributed by atoms with van der Waals surface area (Å²) in [6.45, 7) is 2.66. The Bertz CT molecular complexity index is 853. The van der Waals surface area contributed by atoms with Crippen LogP contribution in [0.25, 0.3) is 22.3 Å². The third-order valence-electron chi connectivity index (χ3n) is 3.30. The minimum Gasteiger partial charge on any atom is -0.492 e. The van der Waals surface area contributed by atoms with Gasteiger partial charge >= 0.3 is 0 Å². The Morgan fingerprint density at radius 1 is 1.14 bits per heavy atom. The lowest BCUT2D eigenvalue weighted by molar-refractivity contribution is 0.315. The zero-order chi connectivity index (χ0) is 15.5. The molecule has 3 aromatic rings. The average molecular weight is 359 g/mol. The van der Waals surface area contributed by atoms with Crippen LogP contribution in [0.15, 0.2) is 62.2 Å². The summed E-state index contributed by atoms with van der Waals surface area (Å²) in [5.74, 6) is 1.24. The van der Waals surface area contributed by atoms with Gasteiger partial charge in [-0.15, -0.1) is 0 Å². The lowest BCUT2D eigenvalue weighted by Gasteiger charge is -2.09. The topological polar surface area (TPSA) is 39.4 Å². The minimum atomic E-state index is -0.0668. The van der Waals surface area contributed by atoms with Gasteiger partial charge in [-0.1, -0.05) is 37.3 Å². The van der Waals surface area contributed by atoms with E-state index in [-0.39, 0.29) is 5.43 Å². The smallest absolute Gasteiger partial charge is 0.193 e. The van der Waals surface area contributed by atoms with E-state index in [4.69, 9.17) is 9.15 Å². The molecular formula is C18H15BrO3. The first kappa shape index (κ1) is 14.9. The van der Waals surface area contributed by atoms with Crippen LogP contribution in [0, 0.1) is 0 Å². The Morgan fingerprint density at radius 2 is 1.91 bits per heavy atom. The molecule has 112 valence electrons. The molecule has 0 aliphatic rings. The molecule has 1 aromatic heterocycles. The standard InChI is InChI=1S/C18H15BrO3/c1-2-8-21-18-11-17-13(9-14(18)19)15(20)10-16(22-17)12-6-4-3-5-7-12/h3-7,9-11H,2,8H2,1H3. The number of benzene rings is 2. The van der Waals surface area contributed by atoms with Gasteiger partial charge in [0, 0.05) is 17.7 Å². The van der Waals surface area contributed by atoms with E-state index in [0.29, 0.717) is 29.1 Å². The molecule has 0 spiro atoms. The molecule has 0 amide bonds. The summed E-state index contributed by atoms with van der Waals surface area (Å²) < 4.78 is 12.3. The van der Waals surface area contributed by atoms with Crippen molar-refractivity contribution >= 4 is 26.9 Å². The van der Waals surface area contributed by atoms with Crippen LogP contribution in [0.1, 0.15) is 13.3 Å². The summed E-state index contributed by atoms with van der Waals surface area (Å²) in [4.78, 5) is 12.3. The Labute approximate surface area is 136 Å². The largest absolute Gasteiger partial charge is 0.492 e. The summed E-state index contributed by atoms with van der Waals surface area (Å²) in [6.07, 6.45) is 0.915. The van der Waals surface area contributed by atoms with Gasteiger partial charge in [0.15, 0.2) is 5.43 Å². The van der Waals surface area contributed by atoms with Crippen molar-refractivity contribution in [2.45, 2.75) is 13.3 Å². The van der Waals surface area contributed by atoms with Gasteiger partial charge in [-0.25, -0.2) is 0 Å². The van der Waals surface area contributed by atoms with E-state index in [9.17, 15) is 4.79 Å². The Morgan fingerprint density at radius 3 is 2.64 bits per heavy atom. The summed E-state index contributed by atoms with van der Waals surface area (Å²) in [6, 6.07) is 14.6. The number of hydrogen-bond donors (Lipinski definition) is 0. The second kappa shape index (κ2) is 6.36. The van der Waals surface area contributed by atoms with Crippen molar-refractivity contribution in [3.05, 3.63) is 63.2 Å². The predicted octanol–water partition coefficient (Wildman–Crippen LogP) is 5.01. The van der Waals surface area contributed by atoms with Crippen LogP contribution in [0.3, 0.4) is 0 Å². The van der Waals surface area contributed by atoms with Gasteiger partial charge in [-0.2, -0.15) is 0 Å². The second-order valence-electron chi connectivity index (χ2n) is 4.97. The highest BCUT2D eigenvalue weighted by Crippen LogP contribution is 2.31. The summed E-state index contributed by atoms with van der Waals surface area (Å²) >= 11 is 3.44. The van der Waals surface area contributed by atoms with Crippen LogP contribution >= 0.6 is 15.9 Å². The molecule has 0 N–H and O–H groups in total. The van der Waals surface area contributed by atoms with Gasteiger partial charge in [0.1, 0.15) is 17.1 Å². The molecule has 22 heavy (non-hydrogen) atoms. The highest BCUT2D eigenvalue weighted by molar-refractivity contribution is 9.10. The van der Waals surface area contributed by atoms with Crippen LogP contribution in [-0.2, 0) is 0 Å². The number of halogens is 1. The quantitative estimate of drug-likeness (QED) is 0.657. The Hall–Kier alpha value is -2.07. The molecule has 2 aromatic carbocycles. The molecule has 3 nitrogen and oxygen atoms in total. The maximum Gasteiger partial charge on any atom is 0.193 e. The highest BCUT2D eigenvalue weighted by Gasteiger charge is 2.11. The fourth-order valence-electron chi connectivity index (χ4n) is 2.22. The van der Waals surface area contributed by atoms with E-state index in [0.717, 1.165) is 16.5 Å². The van der Waals surface area contributed by atoms with Crippen LogP contribution in [0.4, 0.5) is 0 Å². The fourth-order valence-corrected chi connectivity index (χ4v) is 2.68. The van der Waals surface area contributed by atoms with Gasteiger partial charge in [0.05, 0.1) is 16.5 Å². The van der Waals surface area contributed by atoms with Crippen LogP contribution < -0.4 is 10.2 Å². The third kappa shape index (κ3) is 2.92. The number of rotatable bonds is 4. The SMILES string of the molecule is CCCOc1cc2oc(-c3ccccc3)cc(=O)c2cc1Br. The molecule has 0 radical (unpaired) electrons. The van der Waals surface area contributed by atoms with Crippen molar-refractivity contribution in [2.75, 3.05) is 6.61 Å². The summed E-state index contributed by atoms with van der Waals surface area (Å²) in [7, 11) is 0. The first-order valence-corrected chi connectivity index (χ1v) is 7.94. The Kier molecular flexibility index (Phi) is 4.29. The Balaban J connectivity index is 2.15. The first-order chi connectivity index (χ1) is 10.7. The van der Waals surface area contributed by atoms with Gasteiger partial charge in [0.25, 0.3) is 0 Å². The van der Waals surface area contributed by atoms with Crippen molar-refractivity contribution in [1.82, 2.24) is 0 Å². The zero-order valence-corrected chi connectivity index (χ0v) is 13.7. The molecule has 0 atom stereocenters. The molecule has 0 fully saturated rings. The maximum absolute atomic E-state index is 12.3. The van der Waals surface area contributed by atoms with Gasteiger partial charge in [0.2, 0.25) is 0 Å². The molecule has 0 bridgehead atoms. The van der Waals surface area contributed by atoms with Gasteiger partial charge < -0.3 is 9.15 Å². The van der Waals surface area contributed by atoms with Crippen LogP contribution in [0.5, 0.6) is 5.75 Å². The van der Waals surface area contributed by atoms with Crippen molar-refractivity contribution in [3.63, 3.8) is 0 Å². The third-order valence-corrected chi connectivity index (χ3v) is 3.92. The zero-order valence-electron chi connectivity index (χ0n) is 12.1. The molecule has 3 rings (SSSR count). The molecule has 0 aliphatic heterocycles. The molecule has 0 saturated carbocycles. The minimum absolute atomic E-state index is 0.0668. The summed E-state index contributed by atoms with van der Waals surface area (Å²) in [5, 5.41) is 0.537. The normalized spacial score (nSPS) is 10.8. The number of hydrogen-bond acceptors (Lipinski definition) is 3. The van der Waals surface area contributed by atoms with E-state index in [1.807, 2.05) is 37.3 Å². The van der Waals surface area contributed by atoms with Crippen LogP contribution in [0.2, 0.25) is 0 Å². The number of ether oxygens (including phenoxy) is 1. The van der Waals surface area contributed by atoms with Crippen molar-refractivity contribution in [2.24, 2.45) is 0 Å². The monoisotopic (exact) mass is 358 g/mol. The predicted molar refractivity (Wildman–Crippen MR) is 91.4 cm³/mol. The van der Waals surface area contributed by atoms with Gasteiger partial charge in [-0.05, 0) is 28.4 Å². The lowest BCUT2D eigenvalue weighted by Crippen LogP contribution is -2.02. The van der Waals surface area contributed by atoms with E-state index < -0.39 is 0 Å². The van der Waals surface area contributed by atoms with Crippen molar-refractivity contribution in [3.8, 4) is 17.1 Å². The summed E-state index contributed by atoms with van der Waals surface area (Å²) in [5.41, 5.74) is 1.34. The highest BCUT2D eigenvalue weighted by atomic mass is 79.9. The second-order valence-corrected chi connectivity index (χ2v) is 5.82. The molecule has 4 heteroatoms. The molecule has 1 heterocycles. The average Bonchev–Trinajstić information content (AvgIpc) is 2.54. The molecule has 0 aliphatic carbocycles. The fraction of sp³-hybridized carbons (Fsp3) is 0.167. The van der Waals surface area contributed by atoms with Crippen molar-refractivity contribution in [1.29, 1.82) is 0 Å². The van der Waals surface area contributed by atoms with E-state index in [2.05, 4.69) is 15.9 Å². The number of fused-ring (bicyclic) bond motifs is 1. The lowest BCUT2D eigenvalue weighted by atomic mass is 10.1. The van der Waals surface area contributed by atoms with E-state index >= 15 is 0 Å². The van der Waals surface area contributed by atoms with Crippen LogP contribution in [-0.4, -0.2) is 6.61 Å². The van der Waals surface area contributed by atoms with E-state index in [1.54, 1.807) is 12.1 Å². The molecular weight excluding hydrogens is 344 g/mol. The molecule has 0 unspecified atom stereocenters. The molecule has 0 saturated heterocycles. The first-order valence-electron chi connectivity index (χ1n) is 7.14. The van der Waals surface area contributed by atoms with Gasteiger partial charge in [-0.3, -0.25) is 4.79 Å². The van der Waals surface area contributed by atoms with Crippen molar-refractivity contribution < 1.29 is 9.15 Å². The van der Waals surface area contributed by atoms with E-state index in [1.165, 1.54) is 6.07 Å². The maximum atomic E-state index is 12.3.